The summed E-state index contributed by atoms with van der Waals surface area (Å²) in [5.41, 5.74) is 9.49. The molecule has 2 aromatic carbocycles. The molecule has 0 aromatic heterocycles. The molecule has 0 heterocycles. The van der Waals surface area contributed by atoms with E-state index in [1.165, 1.54) is 0 Å². The minimum absolute atomic E-state index is 0.0474. The maximum absolute atomic E-state index is 8.92. The second-order valence-corrected chi connectivity index (χ2v) is 5.00. The summed E-state index contributed by atoms with van der Waals surface area (Å²) in [4.78, 5) is 8.92. The molecule has 0 aliphatic carbocycles. The Morgan fingerprint density at radius 1 is 1.05 bits per heavy atom. The van der Waals surface area contributed by atoms with Gasteiger partial charge in [0.2, 0.25) is 0 Å². The van der Waals surface area contributed by atoms with Crippen LogP contribution < -0.4 is 10.5 Å². The van der Waals surface area contributed by atoms with Crippen LogP contribution in [-0.2, 0) is 6.16 Å². The van der Waals surface area contributed by atoms with Gasteiger partial charge in [0.1, 0.15) is 5.75 Å². The highest BCUT2D eigenvalue weighted by atomic mass is 31.1. The Hall–Kier alpha value is -1.41. The van der Waals surface area contributed by atoms with Gasteiger partial charge in [0.05, 0.1) is 13.2 Å². The fourth-order valence-corrected chi connectivity index (χ4v) is 2.36. The lowest BCUT2D eigenvalue weighted by atomic mass is 9.99. The van der Waals surface area contributed by atoms with Gasteiger partial charge in [-0.15, -0.1) is 0 Å². The quantitative estimate of drug-likeness (QED) is 0.825. The van der Waals surface area contributed by atoms with E-state index >= 15 is 0 Å². The van der Waals surface area contributed by atoms with Gasteiger partial charge in [-0.3, -0.25) is 0 Å². The molecule has 3 N–H and O–H groups in total. The van der Waals surface area contributed by atoms with Gasteiger partial charge < -0.3 is 15.4 Å². The number of rotatable bonds is 5. The van der Waals surface area contributed by atoms with Crippen LogP contribution in [0.4, 0.5) is 0 Å². The maximum atomic E-state index is 8.92. The molecule has 0 saturated carbocycles. The van der Waals surface area contributed by atoms with Crippen molar-refractivity contribution < 1.29 is 9.63 Å². The zero-order chi connectivity index (χ0) is 13.7. The third-order valence-corrected chi connectivity index (χ3v) is 3.66. The first kappa shape index (κ1) is 14.0. The average Bonchev–Trinajstić information content (AvgIpc) is 2.48. The van der Waals surface area contributed by atoms with Crippen LogP contribution in [0.5, 0.6) is 5.75 Å². The van der Waals surface area contributed by atoms with Crippen molar-refractivity contribution in [3.63, 3.8) is 0 Å². The summed E-state index contributed by atoms with van der Waals surface area (Å²) in [6, 6.07) is 15.7. The van der Waals surface area contributed by atoms with Crippen LogP contribution in [0.15, 0.2) is 48.5 Å². The third kappa shape index (κ3) is 3.54. The zero-order valence-corrected chi connectivity index (χ0v) is 11.8. The molecule has 0 radical (unpaired) electrons. The molecule has 0 bridgehead atoms. The standard InChI is InChI=1S/C15H18NO2P/c1-18-14-8-6-13(7-9-14)15(16)12-4-2-11(3-5-12)10-19-17/h2-9,15,17,19H,10,16H2,1H3. The number of hydrogen-bond donors (Lipinski definition) is 2. The van der Waals surface area contributed by atoms with Crippen molar-refractivity contribution in [3.05, 3.63) is 65.2 Å². The minimum atomic E-state index is -0.142. The Bertz CT molecular complexity index is 511. The molecule has 100 valence electrons. The highest BCUT2D eigenvalue weighted by Crippen LogP contribution is 2.23. The van der Waals surface area contributed by atoms with Crippen molar-refractivity contribution in [1.82, 2.24) is 0 Å². The highest BCUT2D eigenvalue weighted by molar-refractivity contribution is 7.30. The molecular formula is C15H18NO2P. The first-order valence-electron chi connectivity index (χ1n) is 6.10. The van der Waals surface area contributed by atoms with Gasteiger partial charge in [-0.05, 0) is 28.8 Å². The molecule has 3 nitrogen and oxygen atoms in total. The summed E-state index contributed by atoms with van der Waals surface area (Å²) in [5, 5.41) is 0. The van der Waals surface area contributed by atoms with Crippen LogP contribution in [0.25, 0.3) is 0 Å². The first-order chi connectivity index (χ1) is 9.24. The second-order valence-electron chi connectivity index (χ2n) is 4.33. The molecule has 2 rings (SSSR count). The predicted octanol–water partition coefficient (Wildman–Crippen LogP) is 2.83. The summed E-state index contributed by atoms with van der Waals surface area (Å²) in [5.74, 6) is 0.829. The van der Waals surface area contributed by atoms with E-state index in [-0.39, 0.29) is 14.8 Å². The molecule has 2 atom stereocenters. The molecule has 0 aliphatic rings. The van der Waals surface area contributed by atoms with Gasteiger partial charge in [0.25, 0.3) is 0 Å². The monoisotopic (exact) mass is 275 g/mol. The lowest BCUT2D eigenvalue weighted by molar-refractivity contribution is 0.414. The summed E-state index contributed by atoms with van der Waals surface area (Å²) in [7, 11) is 1.60. The molecule has 0 aliphatic heterocycles. The van der Waals surface area contributed by atoms with E-state index in [0.717, 1.165) is 22.4 Å². The normalized spacial score (nSPS) is 12.8. The highest BCUT2D eigenvalue weighted by Gasteiger charge is 2.08. The minimum Gasteiger partial charge on any atom is -0.497 e. The zero-order valence-electron chi connectivity index (χ0n) is 10.8. The van der Waals surface area contributed by atoms with Gasteiger partial charge in [0, 0.05) is 15.0 Å². The van der Waals surface area contributed by atoms with E-state index in [1.54, 1.807) is 7.11 Å². The molecule has 0 spiro atoms. The third-order valence-electron chi connectivity index (χ3n) is 3.10. The fraction of sp³-hybridized carbons (Fsp3) is 0.200. The Kier molecular flexibility index (Phi) is 4.92. The van der Waals surface area contributed by atoms with Gasteiger partial charge in [-0.2, -0.15) is 0 Å². The van der Waals surface area contributed by atoms with Crippen molar-refractivity contribution in [1.29, 1.82) is 0 Å². The van der Waals surface area contributed by atoms with E-state index in [1.807, 2.05) is 48.5 Å². The summed E-state index contributed by atoms with van der Waals surface area (Å²) >= 11 is 0. The van der Waals surface area contributed by atoms with Crippen LogP contribution in [0, 0.1) is 0 Å². The van der Waals surface area contributed by atoms with Crippen molar-refractivity contribution in [2.45, 2.75) is 12.2 Å². The molecule has 0 saturated heterocycles. The largest absolute Gasteiger partial charge is 0.497 e. The average molecular weight is 275 g/mol. The number of benzene rings is 2. The van der Waals surface area contributed by atoms with Crippen molar-refractivity contribution >= 4 is 8.81 Å². The Morgan fingerprint density at radius 3 is 2.05 bits per heavy atom. The molecule has 0 fully saturated rings. The Morgan fingerprint density at radius 2 is 1.58 bits per heavy atom. The molecule has 4 heteroatoms. The second kappa shape index (κ2) is 6.67. The molecule has 0 amide bonds. The summed E-state index contributed by atoms with van der Waals surface area (Å²) < 4.78 is 5.13. The van der Waals surface area contributed by atoms with Crippen LogP contribution >= 0.6 is 8.81 Å². The van der Waals surface area contributed by atoms with Gasteiger partial charge in [-0.25, -0.2) is 0 Å². The number of hydrogen-bond acceptors (Lipinski definition) is 3. The van der Waals surface area contributed by atoms with Crippen LogP contribution in [0.2, 0.25) is 0 Å². The lowest BCUT2D eigenvalue weighted by Crippen LogP contribution is -2.11. The van der Waals surface area contributed by atoms with Crippen LogP contribution in [0.3, 0.4) is 0 Å². The molecule has 19 heavy (non-hydrogen) atoms. The fourth-order valence-electron chi connectivity index (χ4n) is 1.94. The number of methoxy groups -OCH3 is 1. The van der Waals surface area contributed by atoms with E-state index in [0.29, 0.717) is 6.16 Å². The van der Waals surface area contributed by atoms with Crippen molar-refractivity contribution in [3.8, 4) is 5.75 Å². The smallest absolute Gasteiger partial charge is 0.118 e. The summed E-state index contributed by atoms with van der Waals surface area (Å²) in [6.45, 7) is 0. The van der Waals surface area contributed by atoms with Crippen molar-refractivity contribution in [2.75, 3.05) is 7.11 Å². The maximum Gasteiger partial charge on any atom is 0.118 e. The SMILES string of the molecule is COc1ccc(C(N)c2ccc(CPO)cc2)cc1. The van der Waals surface area contributed by atoms with Gasteiger partial charge in [-0.1, -0.05) is 36.4 Å². The number of ether oxygens (including phenoxy) is 1. The van der Waals surface area contributed by atoms with E-state index in [2.05, 4.69) is 0 Å². The van der Waals surface area contributed by atoms with Crippen molar-refractivity contribution in [2.24, 2.45) is 5.73 Å². The number of nitrogens with two attached hydrogens (primary N) is 1. The van der Waals surface area contributed by atoms with Crippen LogP contribution in [0.1, 0.15) is 22.7 Å². The van der Waals surface area contributed by atoms with E-state index in [9.17, 15) is 0 Å². The summed E-state index contributed by atoms with van der Waals surface area (Å²) in [6.07, 6.45) is 0.706. The topological polar surface area (TPSA) is 55.5 Å². The molecular weight excluding hydrogens is 257 g/mol. The molecule has 2 unspecified atom stereocenters. The Labute approximate surface area is 115 Å². The first-order valence-corrected chi connectivity index (χ1v) is 7.25. The Balaban J connectivity index is 2.15. The van der Waals surface area contributed by atoms with Crippen LogP contribution in [-0.4, -0.2) is 12.0 Å². The predicted molar refractivity (Wildman–Crippen MR) is 79.7 cm³/mol. The lowest BCUT2D eigenvalue weighted by Gasteiger charge is -2.13. The van der Waals surface area contributed by atoms with Gasteiger partial charge in [0.15, 0.2) is 0 Å². The van der Waals surface area contributed by atoms with E-state index < -0.39 is 0 Å². The molecule has 2 aromatic rings. The van der Waals surface area contributed by atoms with E-state index in [4.69, 9.17) is 15.4 Å². The van der Waals surface area contributed by atoms with Gasteiger partial charge >= 0.3 is 0 Å².